The summed E-state index contributed by atoms with van der Waals surface area (Å²) in [5.41, 5.74) is -3.60. The predicted molar refractivity (Wildman–Crippen MR) is 76.7 cm³/mol. The fourth-order valence-electron chi connectivity index (χ4n) is 3.14. The van der Waals surface area contributed by atoms with E-state index in [0.717, 1.165) is 19.6 Å². The first-order valence-corrected chi connectivity index (χ1v) is 8.13. The lowest BCUT2D eigenvalue weighted by Gasteiger charge is -2.16. The van der Waals surface area contributed by atoms with Crippen LogP contribution in [-0.2, 0) is 21.8 Å². The Balaban J connectivity index is 1.55. The molecule has 3 rings (SSSR count). The zero-order valence-electron chi connectivity index (χ0n) is 11.8. The Morgan fingerprint density at radius 1 is 1.23 bits per heavy atom. The third-order valence-corrected chi connectivity index (χ3v) is 4.79. The van der Waals surface area contributed by atoms with Gasteiger partial charge >= 0.3 is 16.6 Å². The molecule has 22 heavy (non-hydrogen) atoms. The molecular formula is C15H16F3NO2S. The van der Waals surface area contributed by atoms with Crippen molar-refractivity contribution >= 4 is 11.1 Å². The van der Waals surface area contributed by atoms with Gasteiger partial charge < -0.3 is 4.18 Å². The zero-order chi connectivity index (χ0) is 15.7. The summed E-state index contributed by atoms with van der Waals surface area (Å²) >= 11 is -3.26. The standard InChI is InChI=1S/C15H16F3NO2S/c16-15(17,18)22(20)21-14-6-12-9-19(10-13(12)7-14)8-11-4-2-1-3-5-11/h1-6,12-13H,7-10H2. The first-order chi connectivity index (χ1) is 10.4. The van der Waals surface area contributed by atoms with Crippen LogP contribution in [0.1, 0.15) is 12.0 Å². The van der Waals surface area contributed by atoms with Gasteiger partial charge in [-0.25, -0.2) is 4.21 Å². The van der Waals surface area contributed by atoms with E-state index in [9.17, 15) is 17.4 Å². The van der Waals surface area contributed by atoms with Crippen molar-refractivity contribution < 1.29 is 21.6 Å². The third-order valence-electron chi connectivity index (χ3n) is 4.05. The van der Waals surface area contributed by atoms with Crippen LogP contribution in [-0.4, -0.2) is 27.7 Å². The van der Waals surface area contributed by atoms with Gasteiger partial charge in [-0.15, -0.1) is 0 Å². The number of alkyl halides is 3. The Kier molecular flexibility index (Phi) is 4.27. The minimum absolute atomic E-state index is 0.184. The van der Waals surface area contributed by atoms with Crippen LogP contribution in [0.3, 0.4) is 0 Å². The lowest BCUT2D eigenvalue weighted by Crippen LogP contribution is -2.21. The summed E-state index contributed by atoms with van der Waals surface area (Å²) in [6, 6.07) is 10.1. The Bertz CT molecular complexity index is 588. The van der Waals surface area contributed by atoms with E-state index in [1.165, 1.54) is 5.56 Å². The molecule has 1 aromatic rings. The molecule has 0 N–H and O–H groups in total. The van der Waals surface area contributed by atoms with E-state index in [1.54, 1.807) is 6.08 Å². The average molecular weight is 331 g/mol. The van der Waals surface area contributed by atoms with Crippen molar-refractivity contribution in [1.29, 1.82) is 0 Å². The van der Waals surface area contributed by atoms with Crippen LogP contribution in [0.15, 0.2) is 42.2 Å². The molecule has 0 saturated carbocycles. The Labute approximate surface area is 129 Å². The molecule has 3 atom stereocenters. The molecule has 1 fully saturated rings. The van der Waals surface area contributed by atoms with E-state index in [-0.39, 0.29) is 17.6 Å². The van der Waals surface area contributed by atoms with Crippen molar-refractivity contribution in [3.8, 4) is 0 Å². The van der Waals surface area contributed by atoms with E-state index >= 15 is 0 Å². The van der Waals surface area contributed by atoms with E-state index < -0.39 is 16.6 Å². The highest BCUT2D eigenvalue weighted by atomic mass is 32.2. The fraction of sp³-hybridized carbons (Fsp3) is 0.467. The number of likely N-dealkylation sites (tertiary alicyclic amines) is 1. The smallest absolute Gasteiger partial charge is 0.399 e. The van der Waals surface area contributed by atoms with E-state index in [4.69, 9.17) is 0 Å². The summed E-state index contributed by atoms with van der Waals surface area (Å²) in [5, 5.41) is 0. The number of hydrogen-bond donors (Lipinski definition) is 0. The maximum Gasteiger partial charge on any atom is 0.508 e. The highest BCUT2D eigenvalue weighted by molar-refractivity contribution is 7.81. The summed E-state index contributed by atoms with van der Waals surface area (Å²) < 4.78 is 52.2. The average Bonchev–Trinajstić information content (AvgIpc) is 2.96. The third kappa shape index (κ3) is 3.52. The second-order valence-electron chi connectivity index (χ2n) is 5.70. The second-order valence-corrected chi connectivity index (χ2v) is 6.80. The van der Waals surface area contributed by atoms with Gasteiger partial charge in [0.25, 0.3) is 0 Å². The quantitative estimate of drug-likeness (QED) is 0.848. The minimum atomic E-state index is -4.82. The molecule has 1 heterocycles. The molecule has 2 aliphatic rings. The number of hydrogen-bond acceptors (Lipinski definition) is 3. The van der Waals surface area contributed by atoms with Crippen molar-refractivity contribution in [2.45, 2.75) is 18.5 Å². The molecule has 0 radical (unpaired) electrons. The lowest BCUT2D eigenvalue weighted by molar-refractivity contribution is -0.0457. The van der Waals surface area contributed by atoms with Crippen molar-refractivity contribution in [2.75, 3.05) is 13.1 Å². The SMILES string of the molecule is O=S(OC1=CC2CN(Cc3ccccc3)CC2C1)C(F)(F)F. The summed E-state index contributed by atoms with van der Waals surface area (Å²) in [4.78, 5) is 2.29. The first kappa shape index (κ1) is 15.6. The first-order valence-electron chi connectivity index (χ1n) is 7.06. The van der Waals surface area contributed by atoms with E-state index in [0.29, 0.717) is 6.42 Å². The number of allylic oxidation sites excluding steroid dienone is 1. The molecule has 0 spiro atoms. The van der Waals surface area contributed by atoms with Crippen LogP contribution in [0.2, 0.25) is 0 Å². The van der Waals surface area contributed by atoms with Gasteiger partial charge in [0, 0.05) is 26.1 Å². The number of rotatable bonds is 4. The topological polar surface area (TPSA) is 29.5 Å². The van der Waals surface area contributed by atoms with Crippen molar-refractivity contribution in [2.24, 2.45) is 11.8 Å². The van der Waals surface area contributed by atoms with Crippen LogP contribution in [0.5, 0.6) is 0 Å². The molecule has 1 aromatic carbocycles. The van der Waals surface area contributed by atoms with Gasteiger partial charge in [-0.1, -0.05) is 30.3 Å². The molecule has 0 bridgehead atoms. The normalized spacial score (nSPS) is 26.6. The van der Waals surface area contributed by atoms with Gasteiger partial charge in [0.2, 0.25) is 0 Å². The van der Waals surface area contributed by atoms with Gasteiger partial charge in [0.1, 0.15) is 5.76 Å². The van der Waals surface area contributed by atoms with Crippen molar-refractivity contribution in [1.82, 2.24) is 4.90 Å². The lowest BCUT2D eigenvalue weighted by atomic mass is 10.0. The van der Waals surface area contributed by atoms with Gasteiger partial charge in [-0.3, -0.25) is 4.90 Å². The Morgan fingerprint density at radius 2 is 1.95 bits per heavy atom. The second kappa shape index (κ2) is 6.04. The maximum atomic E-state index is 12.2. The number of nitrogens with zero attached hydrogens (tertiary/aromatic N) is 1. The van der Waals surface area contributed by atoms with Gasteiger partial charge in [0.05, 0.1) is 0 Å². The van der Waals surface area contributed by atoms with Crippen LogP contribution in [0.4, 0.5) is 13.2 Å². The van der Waals surface area contributed by atoms with Gasteiger partial charge in [-0.2, -0.15) is 13.2 Å². The van der Waals surface area contributed by atoms with Crippen LogP contribution in [0, 0.1) is 11.8 Å². The number of halogens is 3. The summed E-state index contributed by atoms with van der Waals surface area (Å²) in [6.07, 6.45) is 2.14. The molecule has 0 aromatic heterocycles. The van der Waals surface area contributed by atoms with Crippen molar-refractivity contribution in [3.05, 3.63) is 47.7 Å². The Hall–Kier alpha value is -1.34. The molecule has 0 amide bonds. The molecule has 3 unspecified atom stereocenters. The monoisotopic (exact) mass is 331 g/mol. The summed E-state index contributed by atoms with van der Waals surface area (Å²) in [5.74, 6) is 0.651. The van der Waals surface area contributed by atoms with Gasteiger partial charge in [-0.05, 0) is 23.5 Å². The molecule has 120 valence electrons. The molecule has 7 heteroatoms. The molecule has 1 aliphatic heterocycles. The summed E-state index contributed by atoms with van der Waals surface area (Å²) in [6.45, 7) is 2.46. The predicted octanol–water partition coefficient (Wildman–Crippen LogP) is 3.22. The number of benzene rings is 1. The van der Waals surface area contributed by atoms with E-state index in [1.807, 2.05) is 18.2 Å². The Morgan fingerprint density at radius 3 is 2.59 bits per heavy atom. The zero-order valence-corrected chi connectivity index (χ0v) is 12.6. The summed E-state index contributed by atoms with van der Waals surface area (Å²) in [7, 11) is 0. The molecule has 1 aliphatic carbocycles. The number of fused-ring (bicyclic) bond motifs is 1. The van der Waals surface area contributed by atoms with Crippen LogP contribution < -0.4 is 0 Å². The molecule has 1 saturated heterocycles. The minimum Gasteiger partial charge on any atom is -0.399 e. The highest BCUT2D eigenvalue weighted by Crippen LogP contribution is 2.39. The van der Waals surface area contributed by atoms with Crippen LogP contribution in [0.25, 0.3) is 0 Å². The maximum absolute atomic E-state index is 12.2. The molecule has 3 nitrogen and oxygen atoms in total. The van der Waals surface area contributed by atoms with E-state index in [2.05, 4.69) is 21.2 Å². The van der Waals surface area contributed by atoms with Crippen LogP contribution >= 0.6 is 0 Å². The largest absolute Gasteiger partial charge is 0.508 e. The fourth-order valence-corrected chi connectivity index (χ4v) is 3.55. The highest BCUT2D eigenvalue weighted by Gasteiger charge is 2.43. The van der Waals surface area contributed by atoms with Gasteiger partial charge in [0.15, 0.2) is 0 Å². The van der Waals surface area contributed by atoms with Crippen molar-refractivity contribution in [3.63, 3.8) is 0 Å². The molecular weight excluding hydrogens is 315 g/mol.